The molecule has 0 saturated carbocycles. The lowest BCUT2D eigenvalue weighted by Crippen LogP contribution is -2.05. The van der Waals surface area contributed by atoms with Gasteiger partial charge in [-0.05, 0) is 51.9 Å². The average Bonchev–Trinajstić information content (AvgIpc) is 2.27. The van der Waals surface area contributed by atoms with Gasteiger partial charge in [-0.1, -0.05) is 49.8 Å². The molecule has 1 heteroatoms. The van der Waals surface area contributed by atoms with Crippen molar-refractivity contribution in [1.82, 2.24) is 0 Å². The highest BCUT2D eigenvalue weighted by molar-refractivity contribution is 5.75. The van der Waals surface area contributed by atoms with E-state index < -0.39 is 0 Å². The first-order chi connectivity index (χ1) is 8.82. The number of carbonyl (C=O) groups is 1. The Hall–Kier alpha value is -1.11. The Bertz CT molecular complexity index is 345. The molecule has 0 aromatic heterocycles. The maximum atomic E-state index is 10.9. The van der Waals surface area contributed by atoms with Crippen LogP contribution in [0.3, 0.4) is 0 Å². The van der Waals surface area contributed by atoms with Crippen LogP contribution in [0.2, 0.25) is 0 Å². The van der Waals surface area contributed by atoms with Crippen molar-refractivity contribution in [1.29, 1.82) is 0 Å². The third-order valence-electron chi connectivity index (χ3n) is 3.35. The van der Waals surface area contributed by atoms with E-state index in [9.17, 15) is 4.79 Å². The van der Waals surface area contributed by atoms with E-state index in [-0.39, 0.29) is 5.78 Å². The molecule has 1 atom stereocenters. The van der Waals surface area contributed by atoms with Gasteiger partial charge in [0.2, 0.25) is 0 Å². The van der Waals surface area contributed by atoms with Crippen LogP contribution in [0.4, 0.5) is 0 Å². The largest absolute Gasteiger partial charge is 0.300 e. The molecule has 0 aliphatic rings. The van der Waals surface area contributed by atoms with Crippen molar-refractivity contribution in [3.8, 4) is 0 Å². The quantitative estimate of drug-likeness (QED) is 0.397. The fraction of sp³-hybridized carbons (Fsp3) is 0.611. The van der Waals surface area contributed by atoms with Crippen molar-refractivity contribution in [2.45, 2.75) is 60.3 Å². The van der Waals surface area contributed by atoms with Crippen molar-refractivity contribution in [3.05, 3.63) is 36.0 Å². The molecule has 0 aliphatic heterocycles. The van der Waals surface area contributed by atoms with E-state index in [4.69, 9.17) is 0 Å². The second kappa shape index (κ2) is 9.77. The van der Waals surface area contributed by atoms with Crippen LogP contribution >= 0.6 is 0 Å². The van der Waals surface area contributed by atoms with Crippen molar-refractivity contribution in [3.63, 3.8) is 0 Å². The average molecular weight is 262 g/mol. The van der Waals surface area contributed by atoms with E-state index in [1.165, 1.54) is 12.0 Å². The zero-order chi connectivity index (χ0) is 14.8. The molecule has 108 valence electrons. The Kier molecular flexibility index (Phi) is 9.20. The highest BCUT2D eigenvalue weighted by Crippen LogP contribution is 2.22. The Balaban J connectivity index is 4.24. The molecular weight excluding hydrogens is 232 g/mol. The maximum Gasteiger partial charge on any atom is 0.130 e. The molecule has 0 spiro atoms. The summed E-state index contributed by atoms with van der Waals surface area (Å²) in [6, 6.07) is 0. The van der Waals surface area contributed by atoms with Gasteiger partial charge in [0.1, 0.15) is 5.78 Å². The summed E-state index contributed by atoms with van der Waals surface area (Å²) in [5.41, 5.74) is 2.51. The smallest absolute Gasteiger partial charge is 0.130 e. The van der Waals surface area contributed by atoms with E-state index >= 15 is 0 Å². The molecule has 1 nitrogen and oxygen atoms in total. The van der Waals surface area contributed by atoms with E-state index in [2.05, 4.69) is 45.6 Å². The van der Waals surface area contributed by atoms with Gasteiger partial charge in [0, 0.05) is 6.42 Å². The van der Waals surface area contributed by atoms with E-state index in [1.54, 1.807) is 6.92 Å². The van der Waals surface area contributed by atoms with Gasteiger partial charge in [-0.3, -0.25) is 0 Å². The number of hydrogen-bond acceptors (Lipinski definition) is 1. The summed E-state index contributed by atoms with van der Waals surface area (Å²) in [4.78, 5) is 10.9. The van der Waals surface area contributed by atoms with E-state index in [1.807, 2.05) is 6.92 Å². The first-order valence-electron chi connectivity index (χ1n) is 7.31. The number of ketones is 1. The SMILES string of the molecule is C=C(C)/C=C/[C@@H](CC/C(C)=C/CCC(C)=O)C(C)C. The molecule has 0 saturated heterocycles. The van der Waals surface area contributed by atoms with Gasteiger partial charge in [0.15, 0.2) is 0 Å². The third-order valence-corrected chi connectivity index (χ3v) is 3.35. The van der Waals surface area contributed by atoms with Crippen LogP contribution in [0.1, 0.15) is 60.3 Å². The van der Waals surface area contributed by atoms with Gasteiger partial charge in [-0.15, -0.1) is 0 Å². The zero-order valence-corrected chi connectivity index (χ0v) is 13.3. The molecule has 0 N–H and O–H groups in total. The second-order valence-electron chi connectivity index (χ2n) is 5.94. The second-order valence-corrected chi connectivity index (χ2v) is 5.94. The molecule has 0 aliphatic carbocycles. The van der Waals surface area contributed by atoms with Crippen molar-refractivity contribution in [2.75, 3.05) is 0 Å². The fourth-order valence-electron chi connectivity index (χ4n) is 1.96. The number of allylic oxidation sites excluding steroid dienone is 5. The van der Waals surface area contributed by atoms with Gasteiger partial charge >= 0.3 is 0 Å². The summed E-state index contributed by atoms with van der Waals surface area (Å²) >= 11 is 0. The molecule has 0 heterocycles. The minimum Gasteiger partial charge on any atom is -0.300 e. The number of carbonyl (C=O) groups excluding carboxylic acids is 1. The number of rotatable bonds is 9. The normalized spacial score (nSPS) is 14.1. The maximum absolute atomic E-state index is 10.9. The first-order valence-corrected chi connectivity index (χ1v) is 7.31. The van der Waals surface area contributed by atoms with E-state index in [0.717, 1.165) is 18.4 Å². The molecule has 0 aromatic rings. The first kappa shape index (κ1) is 17.9. The summed E-state index contributed by atoms with van der Waals surface area (Å²) in [7, 11) is 0. The Morgan fingerprint density at radius 1 is 1.16 bits per heavy atom. The Morgan fingerprint density at radius 3 is 2.26 bits per heavy atom. The monoisotopic (exact) mass is 262 g/mol. The van der Waals surface area contributed by atoms with Crippen LogP contribution in [0.5, 0.6) is 0 Å². The summed E-state index contributed by atoms with van der Waals surface area (Å²) in [5.74, 6) is 1.53. The molecule has 0 aromatic carbocycles. The zero-order valence-electron chi connectivity index (χ0n) is 13.3. The lowest BCUT2D eigenvalue weighted by atomic mass is 9.89. The fourth-order valence-corrected chi connectivity index (χ4v) is 1.96. The molecule has 19 heavy (non-hydrogen) atoms. The van der Waals surface area contributed by atoms with Crippen LogP contribution in [-0.4, -0.2) is 5.78 Å². The number of hydrogen-bond donors (Lipinski definition) is 0. The van der Waals surface area contributed by atoms with Crippen molar-refractivity contribution < 1.29 is 4.79 Å². The lowest BCUT2D eigenvalue weighted by Gasteiger charge is -2.17. The van der Waals surface area contributed by atoms with Crippen LogP contribution < -0.4 is 0 Å². The minimum absolute atomic E-state index is 0.272. The molecular formula is C18H30O. The molecule has 0 unspecified atom stereocenters. The Morgan fingerprint density at radius 2 is 1.79 bits per heavy atom. The summed E-state index contributed by atoms with van der Waals surface area (Å²) in [6.07, 6.45) is 10.5. The van der Waals surface area contributed by atoms with Crippen LogP contribution in [-0.2, 0) is 4.79 Å². The van der Waals surface area contributed by atoms with Gasteiger partial charge in [-0.2, -0.15) is 0 Å². The van der Waals surface area contributed by atoms with Gasteiger partial charge in [0.05, 0.1) is 0 Å². The molecule has 0 rings (SSSR count). The Labute approximate surface area is 119 Å². The van der Waals surface area contributed by atoms with Gasteiger partial charge in [-0.25, -0.2) is 0 Å². The summed E-state index contributed by atoms with van der Waals surface area (Å²) in [5, 5.41) is 0. The predicted molar refractivity (Wildman–Crippen MR) is 85.2 cm³/mol. The standard InChI is InChI=1S/C18H30O/c1-14(2)10-12-18(15(3)4)13-11-16(5)8-7-9-17(6)19/h8,10,12,15,18H,1,7,9,11,13H2,2-6H3/b12-10+,16-8+/t18-/m0/s1. The predicted octanol–water partition coefficient (Wildman–Crippen LogP) is 5.49. The van der Waals surface area contributed by atoms with E-state index in [0.29, 0.717) is 18.3 Å². The van der Waals surface area contributed by atoms with Crippen molar-refractivity contribution in [2.24, 2.45) is 11.8 Å². The molecule has 0 fully saturated rings. The third kappa shape index (κ3) is 10.5. The highest BCUT2D eigenvalue weighted by atomic mass is 16.1. The molecule has 0 amide bonds. The van der Waals surface area contributed by atoms with Gasteiger partial charge in [0.25, 0.3) is 0 Å². The van der Waals surface area contributed by atoms with Crippen LogP contribution in [0.15, 0.2) is 36.0 Å². The highest BCUT2D eigenvalue weighted by Gasteiger charge is 2.09. The minimum atomic E-state index is 0.272. The molecule has 0 bridgehead atoms. The van der Waals surface area contributed by atoms with Crippen LogP contribution in [0, 0.1) is 11.8 Å². The summed E-state index contributed by atoms with van der Waals surface area (Å²) in [6.45, 7) is 14.3. The van der Waals surface area contributed by atoms with Crippen LogP contribution in [0.25, 0.3) is 0 Å². The lowest BCUT2D eigenvalue weighted by molar-refractivity contribution is -0.116. The molecule has 0 radical (unpaired) electrons. The van der Waals surface area contributed by atoms with Gasteiger partial charge < -0.3 is 4.79 Å². The number of Topliss-reactive ketones (excluding diaryl/α,β-unsaturated/α-hetero) is 1. The van der Waals surface area contributed by atoms with Crippen molar-refractivity contribution >= 4 is 5.78 Å². The topological polar surface area (TPSA) is 17.1 Å². The summed E-state index contributed by atoms with van der Waals surface area (Å²) < 4.78 is 0.